The maximum atomic E-state index is 13.5. The average molecular weight is 671 g/mol. The third kappa shape index (κ3) is 4.96. The van der Waals surface area contributed by atoms with Crippen LogP contribution in [0.5, 0.6) is 0 Å². The zero-order chi connectivity index (χ0) is 26.4. The number of benzene rings is 4. The van der Waals surface area contributed by atoms with Gasteiger partial charge < -0.3 is 0 Å². The van der Waals surface area contributed by atoms with Gasteiger partial charge in [0.25, 0.3) is 0 Å². The molecule has 0 saturated carbocycles. The molecule has 1 heterocycles. The topological polar surface area (TPSA) is 132 Å². The Labute approximate surface area is 222 Å². The van der Waals surface area contributed by atoms with Gasteiger partial charge in [-0.05, 0) is 0 Å². The van der Waals surface area contributed by atoms with Gasteiger partial charge in [0.15, 0.2) is 0 Å². The SMILES string of the molecule is O=S(=O)(O)c1cccc2c1S(=O)(=O)c1cc(S(=O)(=O)OI(c3ccccc3)c3ccccc3)ccc1C2. The molecule has 1 N–H and O–H groups in total. The summed E-state index contributed by atoms with van der Waals surface area (Å²) in [4.78, 5) is -2.01. The molecular formula is C25H19IO8S3. The van der Waals surface area contributed by atoms with E-state index in [0.717, 1.165) is 19.3 Å². The molecule has 0 unspecified atom stereocenters. The summed E-state index contributed by atoms with van der Waals surface area (Å²) in [5, 5.41) is 0. The van der Waals surface area contributed by atoms with E-state index in [-0.39, 0.29) is 21.8 Å². The summed E-state index contributed by atoms with van der Waals surface area (Å²) in [5.74, 6) is 0. The van der Waals surface area contributed by atoms with Gasteiger partial charge in [-0.1, -0.05) is 0 Å². The van der Waals surface area contributed by atoms with Crippen LogP contribution in [0.4, 0.5) is 0 Å². The van der Waals surface area contributed by atoms with Crippen LogP contribution in [0.15, 0.2) is 117 Å². The van der Waals surface area contributed by atoms with Crippen LogP contribution in [-0.2, 0) is 39.0 Å². The first kappa shape index (κ1) is 26.0. The van der Waals surface area contributed by atoms with Crippen molar-refractivity contribution in [1.29, 1.82) is 0 Å². The van der Waals surface area contributed by atoms with E-state index in [2.05, 4.69) is 0 Å². The van der Waals surface area contributed by atoms with Gasteiger partial charge in [-0.15, -0.1) is 0 Å². The van der Waals surface area contributed by atoms with Crippen molar-refractivity contribution in [3.05, 3.63) is 115 Å². The fourth-order valence-corrected chi connectivity index (χ4v) is 14.2. The second-order valence-electron chi connectivity index (χ2n) is 8.03. The summed E-state index contributed by atoms with van der Waals surface area (Å²) in [6.45, 7) is 0. The molecule has 0 radical (unpaired) electrons. The van der Waals surface area contributed by atoms with Crippen molar-refractivity contribution in [2.75, 3.05) is 0 Å². The van der Waals surface area contributed by atoms with E-state index in [4.69, 9.17) is 2.51 Å². The third-order valence-electron chi connectivity index (χ3n) is 5.61. The molecule has 0 saturated heterocycles. The Morgan fingerprint density at radius 3 is 1.89 bits per heavy atom. The van der Waals surface area contributed by atoms with E-state index in [1.54, 1.807) is 48.5 Å². The minimum atomic E-state index is -4.85. The second kappa shape index (κ2) is 9.60. The molecule has 4 aromatic carbocycles. The first-order chi connectivity index (χ1) is 17.5. The second-order valence-corrected chi connectivity index (χ2v) is 17.8. The fraction of sp³-hybridized carbons (Fsp3) is 0.0400. The van der Waals surface area contributed by atoms with Gasteiger partial charge in [0.05, 0.1) is 0 Å². The Kier molecular flexibility index (Phi) is 6.75. The molecule has 1 aliphatic heterocycles. The molecular weight excluding hydrogens is 651 g/mol. The van der Waals surface area contributed by atoms with Gasteiger partial charge in [0.2, 0.25) is 0 Å². The van der Waals surface area contributed by atoms with E-state index in [1.165, 1.54) is 24.3 Å². The quantitative estimate of drug-likeness (QED) is 0.206. The Balaban J connectivity index is 1.60. The Morgan fingerprint density at radius 1 is 0.730 bits per heavy atom. The van der Waals surface area contributed by atoms with Gasteiger partial charge in [0.1, 0.15) is 0 Å². The van der Waals surface area contributed by atoms with Crippen molar-refractivity contribution < 1.29 is 32.3 Å². The van der Waals surface area contributed by atoms with Crippen molar-refractivity contribution in [2.24, 2.45) is 0 Å². The number of sulfone groups is 1. The fourth-order valence-electron chi connectivity index (χ4n) is 3.99. The number of hydrogen-bond acceptors (Lipinski definition) is 7. The molecule has 0 aromatic heterocycles. The summed E-state index contributed by atoms with van der Waals surface area (Å²) in [6, 6.07) is 25.4. The van der Waals surface area contributed by atoms with E-state index in [1.807, 2.05) is 12.1 Å². The molecule has 4 aromatic rings. The van der Waals surface area contributed by atoms with Crippen LogP contribution in [-0.4, -0.2) is 29.8 Å². The molecule has 5 rings (SSSR count). The molecule has 12 heteroatoms. The summed E-state index contributed by atoms with van der Waals surface area (Å²) < 4.78 is 94.6. The predicted molar refractivity (Wildman–Crippen MR) is 144 cm³/mol. The Bertz CT molecular complexity index is 1780. The van der Waals surface area contributed by atoms with Crippen LogP contribution < -0.4 is 0 Å². The molecule has 0 fully saturated rings. The monoisotopic (exact) mass is 670 g/mol. The van der Waals surface area contributed by atoms with Crippen molar-refractivity contribution in [1.82, 2.24) is 0 Å². The van der Waals surface area contributed by atoms with Crippen LogP contribution in [0.25, 0.3) is 0 Å². The van der Waals surface area contributed by atoms with Crippen molar-refractivity contribution in [2.45, 2.75) is 26.0 Å². The van der Waals surface area contributed by atoms with Crippen LogP contribution in [0.3, 0.4) is 0 Å². The molecule has 0 amide bonds. The number of rotatable bonds is 6. The summed E-state index contributed by atoms with van der Waals surface area (Å²) in [7, 11) is -13.7. The molecule has 192 valence electrons. The molecule has 0 atom stereocenters. The van der Waals surface area contributed by atoms with Crippen molar-refractivity contribution in [3.63, 3.8) is 0 Å². The van der Waals surface area contributed by atoms with Crippen LogP contribution in [0, 0.1) is 7.14 Å². The predicted octanol–water partition coefficient (Wildman–Crippen LogP) is 4.54. The Morgan fingerprint density at radius 2 is 1.32 bits per heavy atom. The third-order valence-corrected chi connectivity index (χ3v) is 15.9. The van der Waals surface area contributed by atoms with E-state index in [9.17, 15) is 29.8 Å². The van der Waals surface area contributed by atoms with Gasteiger partial charge in [-0.25, -0.2) is 0 Å². The number of hydrogen-bond donors (Lipinski definition) is 1. The van der Waals surface area contributed by atoms with Crippen LogP contribution >= 0.6 is 20.2 Å². The van der Waals surface area contributed by atoms with Gasteiger partial charge in [-0.2, -0.15) is 0 Å². The first-order valence-corrected chi connectivity index (χ1v) is 18.1. The normalized spacial score (nSPS) is 14.9. The average Bonchev–Trinajstić information content (AvgIpc) is 2.87. The molecule has 0 bridgehead atoms. The van der Waals surface area contributed by atoms with Gasteiger partial charge in [0, 0.05) is 0 Å². The van der Waals surface area contributed by atoms with Crippen LogP contribution in [0.2, 0.25) is 0 Å². The van der Waals surface area contributed by atoms with Gasteiger partial charge in [-0.3, -0.25) is 0 Å². The van der Waals surface area contributed by atoms with Crippen molar-refractivity contribution in [3.8, 4) is 0 Å². The standard InChI is InChI=1S/C25H19IO8S3/c27-35(28)24-17-22(15-14-18(24)16-19-8-7-13-23(25(19)35)36(29,30)31)37(32,33)34-26(20-9-3-1-4-10-20)21-11-5-2-6-12-21/h1-15,17H,16H2,(H,29,30,31). The molecule has 37 heavy (non-hydrogen) atoms. The van der Waals surface area contributed by atoms with Crippen molar-refractivity contribution >= 4 is 50.3 Å². The zero-order valence-corrected chi connectivity index (χ0v) is 23.5. The van der Waals surface area contributed by atoms with E-state index >= 15 is 0 Å². The molecule has 1 aliphatic rings. The minimum absolute atomic E-state index is 0.0426. The molecule has 0 aliphatic carbocycles. The summed E-state index contributed by atoms with van der Waals surface area (Å²) in [5.41, 5.74) is 0.497. The molecule has 8 nitrogen and oxygen atoms in total. The van der Waals surface area contributed by atoms with Crippen LogP contribution in [0.1, 0.15) is 11.1 Å². The summed E-state index contributed by atoms with van der Waals surface area (Å²) in [6.07, 6.45) is 0.0426. The Hall–Kier alpha value is -2.62. The van der Waals surface area contributed by atoms with E-state index in [0.29, 0.717) is 5.56 Å². The molecule has 0 spiro atoms. The van der Waals surface area contributed by atoms with Gasteiger partial charge >= 0.3 is 224 Å². The van der Waals surface area contributed by atoms with E-state index < -0.39 is 60.1 Å². The summed E-state index contributed by atoms with van der Waals surface area (Å²) >= 11 is -2.97. The first-order valence-electron chi connectivity index (χ1n) is 10.7. The number of halogens is 1. The number of fused-ring (bicyclic) bond motifs is 2. The zero-order valence-electron chi connectivity index (χ0n) is 18.9. The maximum absolute atomic E-state index is 13.5.